The van der Waals surface area contributed by atoms with Crippen molar-refractivity contribution in [2.75, 3.05) is 26.2 Å². The Bertz CT molecular complexity index is 745. The van der Waals surface area contributed by atoms with Gasteiger partial charge in [-0.05, 0) is 11.6 Å². The van der Waals surface area contributed by atoms with Crippen LogP contribution in [0.15, 0.2) is 36.4 Å². The van der Waals surface area contributed by atoms with Gasteiger partial charge in [0.25, 0.3) is 0 Å². The van der Waals surface area contributed by atoms with E-state index in [2.05, 4.69) is 4.90 Å². The maximum atomic E-state index is 12.9. The number of hydrogen-bond acceptors (Lipinski definition) is 4. The number of halogens is 1. The van der Waals surface area contributed by atoms with E-state index >= 15 is 0 Å². The number of ether oxygens (including phenoxy) is 1. The molecule has 7 heteroatoms. The molecule has 1 aromatic rings. The van der Waals surface area contributed by atoms with Crippen molar-refractivity contribution in [3.05, 3.63) is 47.0 Å². The van der Waals surface area contributed by atoms with Crippen molar-refractivity contribution in [1.82, 2.24) is 9.80 Å². The molecule has 3 heterocycles. The van der Waals surface area contributed by atoms with Gasteiger partial charge in [0.05, 0.1) is 18.1 Å². The molecule has 3 aliphatic heterocycles. The van der Waals surface area contributed by atoms with Gasteiger partial charge in [-0.2, -0.15) is 0 Å². The van der Waals surface area contributed by atoms with Gasteiger partial charge in [-0.3, -0.25) is 14.5 Å². The maximum absolute atomic E-state index is 12.9. The molecule has 0 radical (unpaired) electrons. The van der Waals surface area contributed by atoms with Gasteiger partial charge in [0.2, 0.25) is 5.91 Å². The van der Waals surface area contributed by atoms with Crippen molar-refractivity contribution >= 4 is 23.5 Å². The predicted octanol–water partition coefficient (Wildman–Crippen LogP) is 1.64. The van der Waals surface area contributed by atoms with Crippen LogP contribution >= 0.6 is 11.6 Å². The molecule has 0 spiro atoms. The Morgan fingerprint density at radius 3 is 2.38 bits per heavy atom. The molecular formula is C19H21ClN2O4. The molecule has 4 rings (SSSR count). The van der Waals surface area contributed by atoms with Crippen molar-refractivity contribution in [2.45, 2.75) is 18.8 Å². The number of fused-ring (bicyclic) bond motifs is 2. The van der Waals surface area contributed by atoms with Gasteiger partial charge in [-0.15, -0.1) is 0 Å². The minimum absolute atomic E-state index is 0.105. The average Bonchev–Trinajstić information content (AvgIpc) is 3.25. The van der Waals surface area contributed by atoms with Gasteiger partial charge >= 0.3 is 5.97 Å². The Morgan fingerprint density at radius 2 is 1.73 bits per heavy atom. The van der Waals surface area contributed by atoms with Crippen LogP contribution in [0.4, 0.5) is 0 Å². The van der Waals surface area contributed by atoms with E-state index in [1.807, 2.05) is 30.3 Å². The Labute approximate surface area is 157 Å². The van der Waals surface area contributed by atoms with Crippen LogP contribution in [0.5, 0.6) is 0 Å². The maximum Gasteiger partial charge on any atom is 0.310 e. The first-order chi connectivity index (χ1) is 12.5. The molecule has 0 unspecified atom stereocenters. The molecule has 6 nitrogen and oxygen atoms in total. The van der Waals surface area contributed by atoms with E-state index in [1.54, 1.807) is 11.0 Å². The second-order valence-electron chi connectivity index (χ2n) is 7.03. The van der Waals surface area contributed by atoms with Gasteiger partial charge in [0.1, 0.15) is 5.92 Å². The van der Waals surface area contributed by atoms with E-state index in [4.69, 9.17) is 16.3 Å². The van der Waals surface area contributed by atoms with Crippen molar-refractivity contribution in [2.24, 2.45) is 11.8 Å². The van der Waals surface area contributed by atoms with Gasteiger partial charge < -0.3 is 14.7 Å². The molecule has 1 N–H and O–H groups in total. The van der Waals surface area contributed by atoms with E-state index in [-0.39, 0.29) is 5.91 Å². The van der Waals surface area contributed by atoms with Crippen LogP contribution in [0.1, 0.15) is 5.56 Å². The standard InChI is InChI=1S/C19H21ClN2O4/c20-13-4-2-1-3-12(13)11-21-7-9-22(10-8-21)18(23)16-14-5-6-15(26-14)17(16)19(24)25/h1-6,14-17H,7-11H2,(H,24,25)/t14-,15-,16-,17+/m1/s1. The van der Waals surface area contributed by atoms with E-state index in [0.717, 1.165) is 30.2 Å². The smallest absolute Gasteiger partial charge is 0.310 e. The summed E-state index contributed by atoms with van der Waals surface area (Å²) in [5, 5.41) is 10.2. The second-order valence-corrected chi connectivity index (χ2v) is 7.44. The first-order valence-electron chi connectivity index (χ1n) is 8.86. The number of carboxylic acid groups (broad SMARTS) is 1. The lowest BCUT2D eigenvalue weighted by Crippen LogP contribution is -2.52. The summed E-state index contributed by atoms with van der Waals surface area (Å²) >= 11 is 6.22. The van der Waals surface area contributed by atoms with Crippen molar-refractivity contribution in [1.29, 1.82) is 0 Å². The largest absolute Gasteiger partial charge is 0.481 e. The summed E-state index contributed by atoms with van der Waals surface area (Å²) in [6.07, 6.45) is 2.69. The number of carbonyl (C=O) groups excluding carboxylic acids is 1. The predicted molar refractivity (Wildman–Crippen MR) is 95.7 cm³/mol. The highest BCUT2D eigenvalue weighted by Crippen LogP contribution is 2.40. The normalized spacial score (nSPS) is 30.7. The highest BCUT2D eigenvalue weighted by Gasteiger charge is 2.54. The number of rotatable bonds is 4. The third-order valence-electron chi connectivity index (χ3n) is 5.51. The quantitative estimate of drug-likeness (QED) is 0.809. The molecule has 0 aliphatic carbocycles. The van der Waals surface area contributed by atoms with Crippen LogP contribution in [-0.2, 0) is 20.9 Å². The van der Waals surface area contributed by atoms with Crippen molar-refractivity contribution in [3.8, 4) is 0 Å². The summed E-state index contributed by atoms with van der Waals surface area (Å²) in [6.45, 7) is 3.41. The molecule has 1 aromatic carbocycles. The zero-order valence-electron chi connectivity index (χ0n) is 14.3. The molecule has 26 heavy (non-hydrogen) atoms. The monoisotopic (exact) mass is 376 g/mol. The van der Waals surface area contributed by atoms with Gasteiger partial charge in [0, 0.05) is 37.7 Å². The Kier molecular flexibility index (Phi) is 4.73. The highest BCUT2D eigenvalue weighted by atomic mass is 35.5. The van der Waals surface area contributed by atoms with Crippen LogP contribution in [-0.4, -0.2) is 65.2 Å². The zero-order chi connectivity index (χ0) is 18.3. The average molecular weight is 377 g/mol. The molecule has 0 aromatic heterocycles. The summed E-state index contributed by atoms with van der Waals surface area (Å²) in [5.74, 6) is -2.46. The molecule has 2 bridgehead atoms. The first-order valence-corrected chi connectivity index (χ1v) is 9.23. The van der Waals surface area contributed by atoms with Crippen LogP contribution in [0.2, 0.25) is 5.02 Å². The number of aliphatic carboxylic acids is 1. The number of carboxylic acids is 1. The lowest BCUT2D eigenvalue weighted by atomic mass is 9.82. The molecular weight excluding hydrogens is 356 g/mol. The fraction of sp³-hybridized carbons (Fsp3) is 0.474. The van der Waals surface area contributed by atoms with Gasteiger partial charge in [0.15, 0.2) is 0 Å². The zero-order valence-corrected chi connectivity index (χ0v) is 15.0. The topological polar surface area (TPSA) is 70.1 Å². The molecule has 2 fully saturated rings. The summed E-state index contributed by atoms with van der Waals surface area (Å²) in [6, 6.07) is 7.77. The number of hydrogen-bond donors (Lipinski definition) is 1. The van der Waals surface area contributed by atoms with E-state index < -0.39 is 30.0 Å². The molecule has 1 amide bonds. The van der Waals surface area contributed by atoms with Gasteiger partial charge in [-0.25, -0.2) is 0 Å². The molecule has 4 atom stereocenters. The van der Waals surface area contributed by atoms with Crippen LogP contribution in [0.25, 0.3) is 0 Å². The molecule has 138 valence electrons. The number of nitrogens with zero attached hydrogens (tertiary/aromatic N) is 2. The highest BCUT2D eigenvalue weighted by molar-refractivity contribution is 6.31. The summed E-state index contributed by atoms with van der Waals surface area (Å²) in [7, 11) is 0. The summed E-state index contributed by atoms with van der Waals surface area (Å²) in [5.41, 5.74) is 1.08. The Balaban J connectivity index is 1.37. The van der Waals surface area contributed by atoms with Gasteiger partial charge in [-0.1, -0.05) is 42.0 Å². The van der Waals surface area contributed by atoms with Crippen LogP contribution in [0, 0.1) is 11.8 Å². The third kappa shape index (κ3) is 3.13. The van der Waals surface area contributed by atoms with E-state index in [0.29, 0.717) is 13.1 Å². The summed E-state index contributed by atoms with van der Waals surface area (Å²) < 4.78 is 5.62. The molecule has 3 aliphatic rings. The second kappa shape index (κ2) is 7.02. The number of amides is 1. The summed E-state index contributed by atoms with van der Waals surface area (Å²) in [4.78, 5) is 28.5. The lowest BCUT2D eigenvalue weighted by molar-refractivity contribution is -0.150. The Hall–Kier alpha value is -1.89. The number of piperazine rings is 1. The lowest BCUT2D eigenvalue weighted by Gasteiger charge is -2.37. The molecule has 2 saturated heterocycles. The van der Waals surface area contributed by atoms with E-state index in [9.17, 15) is 14.7 Å². The SMILES string of the molecule is O=C(O)[C@@H]1[C@H](C(=O)N2CCN(Cc3ccccc3Cl)CC2)[C@H]2C=C[C@H]1O2. The Morgan fingerprint density at radius 1 is 1.08 bits per heavy atom. The fourth-order valence-corrected chi connectivity index (χ4v) is 4.30. The minimum Gasteiger partial charge on any atom is -0.481 e. The fourth-order valence-electron chi connectivity index (χ4n) is 4.10. The number of benzene rings is 1. The first kappa shape index (κ1) is 17.5. The van der Waals surface area contributed by atoms with Crippen molar-refractivity contribution in [3.63, 3.8) is 0 Å². The number of carbonyl (C=O) groups is 2. The minimum atomic E-state index is -0.961. The van der Waals surface area contributed by atoms with E-state index in [1.165, 1.54) is 0 Å². The van der Waals surface area contributed by atoms with Crippen molar-refractivity contribution < 1.29 is 19.4 Å². The third-order valence-corrected chi connectivity index (χ3v) is 5.87. The van der Waals surface area contributed by atoms with Crippen LogP contribution in [0.3, 0.4) is 0 Å². The molecule has 0 saturated carbocycles. The van der Waals surface area contributed by atoms with Crippen LogP contribution < -0.4 is 0 Å².